The highest BCUT2D eigenvalue weighted by atomic mass is 32.2. The topological polar surface area (TPSA) is 55.8 Å². The molecule has 2 aromatic carbocycles. The number of hydrogen-bond acceptors (Lipinski definition) is 4. The van der Waals surface area contributed by atoms with Crippen molar-refractivity contribution in [3.63, 3.8) is 0 Å². The maximum atomic E-state index is 12.7. The molecule has 9 heteroatoms. The standard InChI is InChI=1S/C18H20F3NO4S/c1-12-9-16(25-3)17(26-4)10-13(12)11-22(2)27(23,24)15-7-5-14(6-8-15)18(19,20)21/h5-10H,11H2,1-4H3. The van der Waals surface area contributed by atoms with Crippen molar-refractivity contribution in [2.75, 3.05) is 21.3 Å². The van der Waals surface area contributed by atoms with Crippen molar-refractivity contribution in [1.82, 2.24) is 4.31 Å². The van der Waals surface area contributed by atoms with E-state index in [1.165, 1.54) is 21.3 Å². The van der Waals surface area contributed by atoms with Crippen LogP contribution in [0.4, 0.5) is 13.2 Å². The lowest BCUT2D eigenvalue weighted by Gasteiger charge is -2.20. The summed E-state index contributed by atoms with van der Waals surface area (Å²) in [6, 6.07) is 6.82. The number of ether oxygens (including phenoxy) is 2. The number of nitrogens with zero attached hydrogens (tertiary/aromatic N) is 1. The van der Waals surface area contributed by atoms with Crippen LogP contribution in [-0.4, -0.2) is 34.0 Å². The van der Waals surface area contributed by atoms with E-state index in [2.05, 4.69) is 0 Å². The Morgan fingerprint density at radius 2 is 1.52 bits per heavy atom. The summed E-state index contributed by atoms with van der Waals surface area (Å²) in [5.41, 5.74) is 0.576. The summed E-state index contributed by atoms with van der Waals surface area (Å²) in [5.74, 6) is 0.977. The number of aryl methyl sites for hydroxylation is 1. The lowest BCUT2D eigenvalue weighted by atomic mass is 10.1. The zero-order valence-corrected chi connectivity index (χ0v) is 16.1. The number of methoxy groups -OCH3 is 2. The third-order valence-electron chi connectivity index (χ3n) is 4.12. The van der Waals surface area contributed by atoms with Crippen LogP contribution in [0, 0.1) is 6.92 Å². The van der Waals surface area contributed by atoms with Gasteiger partial charge < -0.3 is 9.47 Å². The van der Waals surface area contributed by atoms with Crippen LogP contribution >= 0.6 is 0 Å². The summed E-state index contributed by atoms with van der Waals surface area (Å²) in [4.78, 5) is -0.212. The lowest BCUT2D eigenvalue weighted by Crippen LogP contribution is -2.27. The van der Waals surface area contributed by atoms with Gasteiger partial charge in [0.25, 0.3) is 0 Å². The van der Waals surface area contributed by atoms with Crippen LogP contribution in [0.3, 0.4) is 0 Å². The molecule has 0 radical (unpaired) electrons. The molecule has 0 atom stereocenters. The molecule has 0 heterocycles. The van der Waals surface area contributed by atoms with Gasteiger partial charge in [0.15, 0.2) is 11.5 Å². The number of halogens is 3. The van der Waals surface area contributed by atoms with Crippen LogP contribution in [0.2, 0.25) is 0 Å². The molecule has 27 heavy (non-hydrogen) atoms. The van der Waals surface area contributed by atoms with E-state index in [9.17, 15) is 21.6 Å². The first-order chi connectivity index (χ1) is 12.5. The van der Waals surface area contributed by atoms with Gasteiger partial charge in [-0.1, -0.05) is 0 Å². The second-order valence-electron chi connectivity index (χ2n) is 5.92. The largest absolute Gasteiger partial charge is 0.493 e. The van der Waals surface area contributed by atoms with Gasteiger partial charge in [-0.3, -0.25) is 0 Å². The minimum atomic E-state index is -4.52. The number of benzene rings is 2. The van der Waals surface area contributed by atoms with E-state index in [1.54, 1.807) is 19.1 Å². The van der Waals surface area contributed by atoms with Gasteiger partial charge in [0.1, 0.15) is 0 Å². The molecule has 0 saturated carbocycles. The number of alkyl halides is 3. The summed E-state index contributed by atoms with van der Waals surface area (Å²) in [5, 5.41) is 0. The molecule has 0 bridgehead atoms. The molecule has 0 fully saturated rings. The molecule has 0 aliphatic heterocycles. The van der Waals surface area contributed by atoms with Crippen LogP contribution in [0.15, 0.2) is 41.3 Å². The molecule has 0 aromatic heterocycles. The van der Waals surface area contributed by atoms with Gasteiger partial charge in [-0.25, -0.2) is 8.42 Å². The molecular weight excluding hydrogens is 383 g/mol. The Bertz CT molecular complexity index is 909. The Morgan fingerprint density at radius 1 is 1.00 bits per heavy atom. The summed E-state index contributed by atoms with van der Waals surface area (Å²) < 4.78 is 74.8. The third kappa shape index (κ3) is 4.54. The van der Waals surface area contributed by atoms with Gasteiger partial charge >= 0.3 is 6.18 Å². The van der Waals surface area contributed by atoms with E-state index in [0.29, 0.717) is 17.1 Å². The van der Waals surface area contributed by atoms with Crippen LogP contribution in [0.25, 0.3) is 0 Å². The molecule has 2 rings (SSSR count). The summed E-state index contributed by atoms with van der Waals surface area (Å²) in [7, 11) is 0.377. The highest BCUT2D eigenvalue weighted by molar-refractivity contribution is 7.89. The van der Waals surface area contributed by atoms with E-state index < -0.39 is 21.8 Å². The Balaban J connectivity index is 2.30. The highest BCUT2D eigenvalue weighted by Gasteiger charge is 2.31. The van der Waals surface area contributed by atoms with Gasteiger partial charge in [0, 0.05) is 13.6 Å². The zero-order chi connectivity index (χ0) is 20.4. The van der Waals surface area contributed by atoms with Crippen molar-refractivity contribution >= 4 is 10.0 Å². The molecular formula is C18H20F3NO4S. The minimum absolute atomic E-state index is 0.0234. The maximum Gasteiger partial charge on any atom is 0.416 e. The van der Waals surface area contributed by atoms with Crippen molar-refractivity contribution in [2.24, 2.45) is 0 Å². The Hall–Kier alpha value is -2.26. The molecule has 0 aliphatic rings. The monoisotopic (exact) mass is 403 g/mol. The predicted octanol–water partition coefficient (Wildman–Crippen LogP) is 3.85. The van der Waals surface area contributed by atoms with E-state index >= 15 is 0 Å². The number of sulfonamides is 1. The zero-order valence-electron chi connectivity index (χ0n) is 15.3. The molecule has 0 aliphatic carbocycles. The minimum Gasteiger partial charge on any atom is -0.493 e. The first kappa shape index (κ1) is 21.0. The number of rotatable bonds is 6. The molecule has 0 N–H and O–H groups in total. The fourth-order valence-electron chi connectivity index (χ4n) is 2.51. The predicted molar refractivity (Wildman–Crippen MR) is 94.4 cm³/mol. The smallest absolute Gasteiger partial charge is 0.416 e. The average Bonchev–Trinajstić information content (AvgIpc) is 2.62. The van der Waals surface area contributed by atoms with Crippen molar-refractivity contribution in [3.05, 3.63) is 53.1 Å². The second-order valence-corrected chi connectivity index (χ2v) is 7.96. The maximum absolute atomic E-state index is 12.7. The van der Waals surface area contributed by atoms with E-state index in [-0.39, 0.29) is 11.4 Å². The number of hydrogen-bond donors (Lipinski definition) is 0. The van der Waals surface area contributed by atoms with Crippen LogP contribution in [0.1, 0.15) is 16.7 Å². The third-order valence-corrected chi connectivity index (χ3v) is 5.94. The van der Waals surface area contributed by atoms with Crippen molar-refractivity contribution < 1.29 is 31.1 Å². The van der Waals surface area contributed by atoms with E-state index in [4.69, 9.17) is 9.47 Å². The second kappa shape index (κ2) is 7.77. The van der Waals surface area contributed by atoms with Gasteiger partial charge in [-0.05, 0) is 54.4 Å². The Kier molecular flexibility index (Phi) is 6.06. The van der Waals surface area contributed by atoms with Crippen LogP contribution in [0.5, 0.6) is 11.5 Å². The summed E-state index contributed by atoms with van der Waals surface area (Å²) in [6.07, 6.45) is -4.52. The fourth-order valence-corrected chi connectivity index (χ4v) is 3.66. The van der Waals surface area contributed by atoms with Gasteiger partial charge in [-0.2, -0.15) is 17.5 Å². The molecule has 0 unspecified atom stereocenters. The van der Waals surface area contributed by atoms with Crippen LogP contribution in [-0.2, 0) is 22.7 Å². The molecule has 0 saturated heterocycles. The molecule has 0 amide bonds. The normalized spacial score (nSPS) is 12.3. The molecule has 2 aromatic rings. The Labute approximate surface area is 156 Å². The van der Waals surface area contributed by atoms with Crippen LogP contribution < -0.4 is 9.47 Å². The SMILES string of the molecule is COc1cc(C)c(CN(C)S(=O)(=O)c2ccc(C(F)(F)F)cc2)cc1OC. The van der Waals surface area contributed by atoms with Gasteiger partial charge in [0.05, 0.1) is 24.7 Å². The highest BCUT2D eigenvalue weighted by Crippen LogP contribution is 2.32. The van der Waals surface area contributed by atoms with E-state index in [1.807, 2.05) is 0 Å². The molecule has 148 valence electrons. The summed E-state index contributed by atoms with van der Waals surface area (Å²) in [6.45, 7) is 1.82. The molecule has 5 nitrogen and oxygen atoms in total. The average molecular weight is 403 g/mol. The first-order valence-electron chi connectivity index (χ1n) is 7.85. The van der Waals surface area contributed by atoms with Gasteiger partial charge in [-0.15, -0.1) is 0 Å². The summed E-state index contributed by atoms with van der Waals surface area (Å²) >= 11 is 0. The fraction of sp³-hybridized carbons (Fsp3) is 0.333. The first-order valence-corrected chi connectivity index (χ1v) is 9.29. The van der Waals surface area contributed by atoms with Gasteiger partial charge in [0.2, 0.25) is 10.0 Å². The quantitative estimate of drug-likeness (QED) is 0.735. The van der Waals surface area contributed by atoms with Crippen molar-refractivity contribution in [1.29, 1.82) is 0 Å². The Morgan fingerprint density at radius 3 is 2.00 bits per heavy atom. The molecule has 0 spiro atoms. The lowest BCUT2D eigenvalue weighted by molar-refractivity contribution is -0.137. The van der Waals surface area contributed by atoms with Crippen molar-refractivity contribution in [3.8, 4) is 11.5 Å². The van der Waals surface area contributed by atoms with Crippen molar-refractivity contribution in [2.45, 2.75) is 24.5 Å². The van der Waals surface area contributed by atoms with E-state index in [0.717, 1.165) is 34.1 Å².